The van der Waals surface area contributed by atoms with Crippen LogP contribution in [0.3, 0.4) is 0 Å². The molecule has 8 nitrogen and oxygen atoms in total. The molecule has 2 aromatic carbocycles. The van der Waals surface area contributed by atoms with Crippen LogP contribution in [-0.2, 0) is 0 Å². The van der Waals surface area contributed by atoms with E-state index in [1.165, 1.54) is 0 Å². The van der Waals surface area contributed by atoms with Gasteiger partial charge in [0.15, 0.2) is 6.23 Å². The van der Waals surface area contributed by atoms with Gasteiger partial charge in [0.25, 0.3) is 5.91 Å². The van der Waals surface area contributed by atoms with Crippen molar-refractivity contribution in [2.75, 3.05) is 24.1 Å². The molecule has 1 unspecified atom stereocenters. The van der Waals surface area contributed by atoms with E-state index in [-0.39, 0.29) is 5.91 Å². The van der Waals surface area contributed by atoms with Crippen LogP contribution in [0.4, 0.5) is 11.4 Å². The van der Waals surface area contributed by atoms with E-state index in [9.17, 15) is 9.90 Å². The summed E-state index contributed by atoms with van der Waals surface area (Å²) in [5.74, 6) is 0.0674. The molecule has 1 amide bonds. The van der Waals surface area contributed by atoms with Crippen molar-refractivity contribution >= 4 is 28.9 Å². The number of nitrogens with two attached hydrogens (primary N) is 1. The Morgan fingerprint density at radius 2 is 1.90 bits per heavy atom. The Morgan fingerprint density at radius 1 is 1.13 bits per heavy atom. The first-order valence-electron chi connectivity index (χ1n) is 9.97. The molecule has 3 aromatic rings. The standard InChI is InChI=1S/C22H22N6O2/c23-16-5-8-19-15(11-16)12-18(21(29)24-19)20-13-28(26-25-20)17-6-3-14(4-7-17)22(30)27-9-1-2-10-27/h3-8,11-13,21,24,29H,1-2,9-10,23H2. The van der Waals surface area contributed by atoms with Crippen LogP contribution < -0.4 is 11.1 Å². The molecule has 2 aliphatic rings. The molecule has 4 N–H and O–H groups in total. The number of rotatable bonds is 3. The molecule has 1 aromatic heterocycles. The molecule has 0 bridgehead atoms. The summed E-state index contributed by atoms with van der Waals surface area (Å²) in [7, 11) is 0. The molecule has 5 rings (SSSR count). The number of aromatic nitrogens is 3. The van der Waals surface area contributed by atoms with Gasteiger partial charge in [-0.2, -0.15) is 0 Å². The van der Waals surface area contributed by atoms with Crippen molar-refractivity contribution in [3.8, 4) is 5.69 Å². The number of aliphatic hydroxyl groups excluding tert-OH is 1. The number of nitrogens with one attached hydrogen (secondary N) is 1. The Kier molecular flexibility index (Phi) is 4.48. The van der Waals surface area contributed by atoms with Crippen LogP contribution in [0.2, 0.25) is 0 Å². The van der Waals surface area contributed by atoms with Gasteiger partial charge in [-0.05, 0) is 61.4 Å². The molecule has 1 saturated heterocycles. The largest absolute Gasteiger partial charge is 0.399 e. The molecule has 2 aliphatic heterocycles. The van der Waals surface area contributed by atoms with Gasteiger partial charge in [0, 0.05) is 41.2 Å². The van der Waals surface area contributed by atoms with Crippen LogP contribution >= 0.6 is 0 Å². The number of carbonyl (C=O) groups is 1. The highest BCUT2D eigenvalue weighted by Crippen LogP contribution is 2.32. The van der Waals surface area contributed by atoms with E-state index >= 15 is 0 Å². The molecule has 0 radical (unpaired) electrons. The van der Waals surface area contributed by atoms with E-state index in [0.717, 1.165) is 42.9 Å². The first-order valence-corrected chi connectivity index (χ1v) is 9.97. The Hall–Kier alpha value is -3.65. The average Bonchev–Trinajstić information content (AvgIpc) is 3.46. The van der Waals surface area contributed by atoms with E-state index in [1.807, 2.05) is 47.4 Å². The number of fused-ring (bicyclic) bond motifs is 1. The fourth-order valence-electron chi connectivity index (χ4n) is 3.90. The Bertz CT molecular complexity index is 1130. The maximum Gasteiger partial charge on any atom is 0.253 e. The lowest BCUT2D eigenvalue weighted by Gasteiger charge is -2.23. The third-order valence-electron chi connectivity index (χ3n) is 5.53. The summed E-state index contributed by atoms with van der Waals surface area (Å²) in [6.07, 6.45) is 4.86. The number of aliphatic hydroxyl groups is 1. The molecular formula is C22H22N6O2. The topological polar surface area (TPSA) is 109 Å². The summed E-state index contributed by atoms with van der Waals surface area (Å²) in [5, 5.41) is 21.9. The molecule has 1 fully saturated rings. The van der Waals surface area contributed by atoms with Crippen LogP contribution in [0.25, 0.3) is 17.3 Å². The van der Waals surface area contributed by atoms with Gasteiger partial charge < -0.3 is 21.1 Å². The van der Waals surface area contributed by atoms with Crippen LogP contribution in [0, 0.1) is 0 Å². The summed E-state index contributed by atoms with van der Waals surface area (Å²) < 4.78 is 1.63. The van der Waals surface area contributed by atoms with Crippen LogP contribution in [-0.4, -0.2) is 50.2 Å². The zero-order chi connectivity index (χ0) is 20.7. The minimum absolute atomic E-state index is 0.0674. The maximum atomic E-state index is 12.5. The highest BCUT2D eigenvalue weighted by atomic mass is 16.3. The van der Waals surface area contributed by atoms with Gasteiger partial charge >= 0.3 is 0 Å². The molecule has 3 heterocycles. The molecular weight excluding hydrogens is 380 g/mol. The lowest BCUT2D eigenvalue weighted by molar-refractivity contribution is 0.0793. The van der Waals surface area contributed by atoms with Crippen molar-refractivity contribution in [3.05, 3.63) is 65.5 Å². The van der Waals surface area contributed by atoms with Gasteiger partial charge in [0.2, 0.25) is 0 Å². The van der Waals surface area contributed by atoms with Crippen molar-refractivity contribution in [2.24, 2.45) is 0 Å². The zero-order valence-corrected chi connectivity index (χ0v) is 16.3. The minimum atomic E-state index is -0.897. The van der Waals surface area contributed by atoms with Crippen LogP contribution in [0.15, 0.2) is 48.7 Å². The SMILES string of the molecule is Nc1ccc2c(c1)C=C(c1cn(-c3ccc(C(=O)N4CCCC4)cc3)nn1)C(O)N2. The van der Waals surface area contributed by atoms with E-state index in [1.54, 1.807) is 16.9 Å². The number of nitrogens with zero attached hydrogens (tertiary/aromatic N) is 4. The fraction of sp³-hybridized carbons (Fsp3) is 0.227. The molecule has 1 atom stereocenters. The summed E-state index contributed by atoms with van der Waals surface area (Å²) in [5.41, 5.74) is 10.8. The number of nitrogen functional groups attached to an aromatic ring is 1. The highest BCUT2D eigenvalue weighted by molar-refractivity contribution is 5.94. The molecule has 152 valence electrons. The second-order valence-corrected chi connectivity index (χ2v) is 7.59. The van der Waals surface area contributed by atoms with Gasteiger partial charge in [-0.25, -0.2) is 4.68 Å². The third kappa shape index (κ3) is 3.31. The van der Waals surface area contributed by atoms with Gasteiger partial charge in [0.1, 0.15) is 5.69 Å². The van der Waals surface area contributed by atoms with E-state index in [0.29, 0.717) is 22.5 Å². The summed E-state index contributed by atoms with van der Waals surface area (Å²) in [6, 6.07) is 12.8. The molecule has 0 spiro atoms. The monoisotopic (exact) mass is 402 g/mol. The quantitative estimate of drug-likeness (QED) is 0.581. The average molecular weight is 402 g/mol. The van der Waals surface area contributed by atoms with Crippen LogP contribution in [0.1, 0.15) is 34.5 Å². The van der Waals surface area contributed by atoms with Crippen LogP contribution in [0.5, 0.6) is 0 Å². The first kappa shape index (κ1) is 18.4. The number of amides is 1. The van der Waals surface area contributed by atoms with Crippen molar-refractivity contribution in [1.82, 2.24) is 19.9 Å². The summed E-state index contributed by atoms with van der Waals surface area (Å²) >= 11 is 0. The van der Waals surface area contributed by atoms with E-state index < -0.39 is 6.23 Å². The molecule has 30 heavy (non-hydrogen) atoms. The second kappa shape index (κ2) is 7.31. The smallest absolute Gasteiger partial charge is 0.253 e. The molecule has 0 aliphatic carbocycles. The predicted molar refractivity (Wildman–Crippen MR) is 115 cm³/mol. The van der Waals surface area contributed by atoms with Crippen molar-refractivity contribution in [3.63, 3.8) is 0 Å². The number of benzene rings is 2. The Labute approximate surface area is 173 Å². The lowest BCUT2D eigenvalue weighted by atomic mass is 10.0. The summed E-state index contributed by atoms with van der Waals surface area (Å²) in [6.45, 7) is 1.65. The Balaban J connectivity index is 1.39. The molecule has 8 heteroatoms. The van der Waals surface area contributed by atoms with Gasteiger partial charge in [-0.1, -0.05) is 5.21 Å². The lowest BCUT2D eigenvalue weighted by Crippen LogP contribution is -2.27. The highest BCUT2D eigenvalue weighted by Gasteiger charge is 2.23. The number of anilines is 2. The normalized spacial score (nSPS) is 18.0. The van der Waals surface area contributed by atoms with Gasteiger partial charge in [0.05, 0.1) is 11.9 Å². The summed E-state index contributed by atoms with van der Waals surface area (Å²) in [4.78, 5) is 14.4. The third-order valence-corrected chi connectivity index (χ3v) is 5.53. The number of carbonyl (C=O) groups excluding carboxylic acids is 1. The fourth-order valence-corrected chi connectivity index (χ4v) is 3.90. The number of hydrogen-bond donors (Lipinski definition) is 3. The maximum absolute atomic E-state index is 12.5. The number of hydrogen-bond acceptors (Lipinski definition) is 6. The first-order chi connectivity index (χ1) is 14.6. The zero-order valence-electron chi connectivity index (χ0n) is 16.3. The molecule has 0 saturated carbocycles. The second-order valence-electron chi connectivity index (χ2n) is 7.59. The van der Waals surface area contributed by atoms with E-state index in [2.05, 4.69) is 15.6 Å². The van der Waals surface area contributed by atoms with Gasteiger partial charge in [-0.15, -0.1) is 5.10 Å². The van der Waals surface area contributed by atoms with E-state index in [4.69, 9.17) is 5.73 Å². The van der Waals surface area contributed by atoms with Crippen molar-refractivity contribution < 1.29 is 9.90 Å². The van der Waals surface area contributed by atoms with Crippen molar-refractivity contribution in [1.29, 1.82) is 0 Å². The minimum Gasteiger partial charge on any atom is -0.399 e. The predicted octanol–water partition coefficient (Wildman–Crippen LogP) is 2.37. The van der Waals surface area contributed by atoms with Gasteiger partial charge in [-0.3, -0.25) is 4.79 Å². The number of likely N-dealkylation sites (tertiary alicyclic amines) is 1. The Morgan fingerprint density at radius 3 is 2.67 bits per heavy atom. The van der Waals surface area contributed by atoms with Crippen molar-refractivity contribution in [2.45, 2.75) is 19.1 Å².